The summed E-state index contributed by atoms with van der Waals surface area (Å²) in [6, 6.07) is 5.75. The highest BCUT2D eigenvalue weighted by Gasteiger charge is 2.33. The highest BCUT2D eigenvalue weighted by atomic mass is 35.5. The minimum atomic E-state index is -0.754. The number of hydroxylamine groups is 2. The number of hydrogen-bond acceptors (Lipinski definition) is 8. The van der Waals surface area contributed by atoms with Crippen molar-refractivity contribution in [2.24, 2.45) is 0 Å². The minimum Gasteiger partial charge on any atom is -0.427 e. The van der Waals surface area contributed by atoms with Crippen LogP contribution in [0.1, 0.15) is 92.5 Å². The molecular formula is C26H32ClN5O4. The SMILES string of the molecule is Cc1onc(C2CCC(c3nnc4n3-c3ccc(Cl)cc3CN(OC(=O)OC(C)(C)C)C4)CC2)c1C. The molecule has 0 unspecified atom stereocenters. The van der Waals surface area contributed by atoms with E-state index in [4.69, 9.17) is 25.7 Å². The lowest BCUT2D eigenvalue weighted by molar-refractivity contribution is -0.155. The van der Waals surface area contributed by atoms with E-state index in [0.29, 0.717) is 23.3 Å². The van der Waals surface area contributed by atoms with Gasteiger partial charge in [-0.05, 0) is 84.1 Å². The summed E-state index contributed by atoms with van der Waals surface area (Å²) in [7, 11) is 0. The molecule has 1 aliphatic heterocycles. The van der Waals surface area contributed by atoms with Crippen molar-refractivity contribution in [3.05, 3.63) is 57.5 Å². The van der Waals surface area contributed by atoms with Crippen LogP contribution in [0.15, 0.2) is 22.7 Å². The van der Waals surface area contributed by atoms with Gasteiger partial charge >= 0.3 is 6.16 Å². The second-order valence-electron chi connectivity index (χ2n) is 10.7. The summed E-state index contributed by atoms with van der Waals surface area (Å²) < 4.78 is 12.9. The van der Waals surface area contributed by atoms with E-state index in [2.05, 4.69) is 26.8 Å². The molecule has 192 valence electrons. The number of carbonyl (C=O) groups is 1. The fraction of sp³-hybridized carbons (Fsp3) is 0.538. The van der Waals surface area contributed by atoms with Crippen LogP contribution in [-0.2, 0) is 22.7 Å². The number of benzene rings is 1. The number of nitrogens with zero attached hydrogens (tertiary/aromatic N) is 5. The third-order valence-corrected chi connectivity index (χ3v) is 7.20. The Balaban J connectivity index is 1.40. The maximum Gasteiger partial charge on any atom is 0.528 e. The first-order chi connectivity index (χ1) is 17.1. The molecule has 0 N–H and O–H groups in total. The molecular weight excluding hydrogens is 482 g/mol. The summed E-state index contributed by atoms with van der Waals surface area (Å²) in [6.07, 6.45) is 3.24. The Labute approximate surface area is 215 Å². The second-order valence-corrected chi connectivity index (χ2v) is 11.2. The first-order valence-corrected chi connectivity index (χ1v) is 12.8. The maximum atomic E-state index is 12.4. The van der Waals surface area contributed by atoms with Gasteiger partial charge in [-0.1, -0.05) is 16.8 Å². The van der Waals surface area contributed by atoms with E-state index in [1.807, 2.05) is 25.1 Å². The summed E-state index contributed by atoms with van der Waals surface area (Å²) >= 11 is 6.34. The molecule has 10 heteroatoms. The molecule has 2 aliphatic rings. The molecule has 36 heavy (non-hydrogen) atoms. The van der Waals surface area contributed by atoms with Crippen molar-refractivity contribution in [2.75, 3.05) is 0 Å². The van der Waals surface area contributed by atoms with Gasteiger partial charge < -0.3 is 14.1 Å². The zero-order valence-corrected chi connectivity index (χ0v) is 22.1. The van der Waals surface area contributed by atoms with Crippen molar-refractivity contribution in [1.82, 2.24) is 25.0 Å². The van der Waals surface area contributed by atoms with Crippen molar-refractivity contribution in [3.8, 4) is 5.69 Å². The molecule has 1 saturated carbocycles. The zero-order valence-electron chi connectivity index (χ0n) is 21.4. The minimum absolute atomic E-state index is 0.262. The zero-order chi connectivity index (χ0) is 25.6. The van der Waals surface area contributed by atoms with E-state index >= 15 is 0 Å². The molecule has 1 aliphatic carbocycles. The molecule has 9 nitrogen and oxygen atoms in total. The monoisotopic (exact) mass is 513 g/mol. The molecule has 0 bridgehead atoms. The molecule has 0 saturated heterocycles. The van der Waals surface area contributed by atoms with Crippen LogP contribution in [0.4, 0.5) is 4.79 Å². The lowest BCUT2D eigenvalue weighted by Gasteiger charge is -2.27. The average molecular weight is 514 g/mol. The van der Waals surface area contributed by atoms with Crippen molar-refractivity contribution in [3.63, 3.8) is 0 Å². The van der Waals surface area contributed by atoms with Crippen LogP contribution in [-0.4, -0.2) is 36.7 Å². The van der Waals surface area contributed by atoms with Gasteiger partial charge in [0.2, 0.25) is 0 Å². The smallest absolute Gasteiger partial charge is 0.427 e. The molecule has 0 atom stereocenters. The van der Waals surface area contributed by atoms with Gasteiger partial charge in [0, 0.05) is 22.4 Å². The lowest BCUT2D eigenvalue weighted by atomic mass is 9.79. The summed E-state index contributed by atoms with van der Waals surface area (Å²) in [5.41, 5.74) is 3.47. The summed E-state index contributed by atoms with van der Waals surface area (Å²) in [5, 5.41) is 15.6. The van der Waals surface area contributed by atoms with Gasteiger partial charge in [-0.2, -0.15) is 0 Å². The van der Waals surface area contributed by atoms with Crippen LogP contribution in [0.5, 0.6) is 0 Å². The highest BCUT2D eigenvalue weighted by molar-refractivity contribution is 6.30. The van der Waals surface area contributed by atoms with E-state index in [9.17, 15) is 4.79 Å². The first kappa shape index (κ1) is 24.8. The second kappa shape index (κ2) is 9.52. The predicted octanol–water partition coefficient (Wildman–Crippen LogP) is 6.15. The van der Waals surface area contributed by atoms with Crippen LogP contribution in [0, 0.1) is 13.8 Å². The van der Waals surface area contributed by atoms with E-state index in [1.54, 1.807) is 25.8 Å². The van der Waals surface area contributed by atoms with Crippen molar-refractivity contribution >= 4 is 17.8 Å². The summed E-state index contributed by atoms with van der Waals surface area (Å²) in [4.78, 5) is 18.0. The van der Waals surface area contributed by atoms with Crippen LogP contribution in [0.25, 0.3) is 5.69 Å². The fourth-order valence-corrected chi connectivity index (χ4v) is 5.34. The van der Waals surface area contributed by atoms with Gasteiger partial charge in [-0.3, -0.25) is 4.57 Å². The van der Waals surface area contributed by atoms with Gasteiger partial charge in [0.05, 0.1) is 24.5 Å². The predicted molar refractivity (Wildman–Crippen MR) is 133 cm³/mol. The number of halogens is 1. The first-order valence-electron chi connectivity index (χ1n) is 12.4. The Bertz CT molecular complexity index is 1270. The highest BCUT2D eigenvalue weighted by Crippen LogP contribution is 2.42. The number of hydrogen-bond donors (Lipinski definition) is 0. The van der Waals surface area contributed by atoms with Gasteiger partial charge in [-0.15, -0.1) is 15.3 Å². The van der Waals surface area contributed by atoms with Gasteiger partial charge in [0.25, 0.3) is 0 Å². The van der Waals surface area contributed by atoms with Gasteiger partial charge in [0.15, 0.2) is 5.82 Å². The number of ether oxygens (including phenoxy) is 1. The molecule has 1 aromatic carbocycles. The Morgan fingerprint density at radius 1 is 1.08 bits per heavy atom. The lowest BCUT2D eigenvalue weighted by Crippen LogP contribution is -2.31. The van der Waals surface area contributed by atoms with E-state index < -0.39 is 11.8 Å². The van der Waals surface area contributed by atoms with Crippen LogP contribution in [0.3, 0.4) is 0 Å². The number of aryl methyl sites for hydroxylation is 1. The molecule has 3 heterocycles. The molecule has 2 aromatic heterocycles. The Kier molecular flexibility index (Phi) is 6.55. The quantitative estimate of drug-likeness (QED) is 0.385. The van der Waals surface area contributed by atoms with Crippen molar-refractivity contribution in [1.29, 1.82) is 0 Å². The van der Waals surface area contributed by atoms with E-state index in [1.165, 1.54) is 0 Å². The van der Waals surface area contributed by atoms with Gasteiger partial charge in [-0.25, -0.2) is 4.79 Å². The van der Waals surface area contributed by atoms with Crippen molar-refractivity contribution in [2.45, 2.75) is 90.8 Å². The molecule has 0 radical (unpaired) electrons. The van der Waals surface area contributed by atoms with E-state index in [0.717, 1.165) is 59.8 Å². The molecule has 1 fully saturated rings. The van der Waals surface area contributed by atoms with Crippen LogP contribution in [0.2, 0.25) is 5.02 Å². The van der Waals surface area contributed by atoms with Crippen molar-refractivity contribution < 1.29 is 18.9 Å². The maximum absolute atomic E-state index is 12.4. The Morgan fingerprint density at radius 3 is 2.47 bits per heavy atom. The number of carbonyl (C=O) groups excluding carboxylic acids is 1. The Morgan fingerprint density at radius 2 is 1.81 bits per heavy atom. The summed E-state index contributed by atoms with van der Waals surface area (Å²) in [6.45, 7) is 10.1. The number of rotatable bonds is 3. The standard InChI is InChI=1S/C26H32ClN5O4/c1-15-16(2)35-30-23(15)17-6-8-18(9-7-17)24-29-28-22-14-31(36-25(33)34-26(3,4)5)13-19-12-20(27)10-11-21(19)32(22)24/h10-12,17-18H,6-9,13-14H2,1-5H3. The Hall–Kier alpha value is -2.91. The number of aromatic nitrogens is 4. The van der Waals surface area contributed by atoms with E-state index in [-0.39, 0.29) is 12.5 Å². The van der Waals surface area contributed by atoms with Gasteiger partial charge in [0.1, 0.15) is 17.2 Å². The third kappa shape index (κ3) is 4.99. The normalized spacial score (nSPS) is 20.4. The van der Waals surface area contributed by atoms with Crippen LogP contribution >= 0.6 is 11.6 Å². The molecule has 3 aromatic rings. The number of fused-ring (bicyclic) bond motifs is 3. The summed E-state index contributed by atoms with van der Waals surface area (Å²) in [5.74, 6) is 3.19. The average Bonchev–Trinajstić information content (AvgIpc) is 3.31. The fourth-order valence-electron chi connectivity index (χ4n) is 5.14. The molecule has 0 spiro atoms. The topological polar surface area (TPSA) is 95.5 Å². The van der Waals surface area contributed by atoms with Crippen LogP contribution < -0.4 is 0 Å². The largest absolute Gasteiger partial charge is 0.528 e. The third-order valence-electron chi connectivity index (χ3n) is 6.97. The molecule has 0 amide bonds. The molecule has 5 rings (SSSR count).